The summed E-state index contributed by atoms with van der Waals surface area (Å²) >= 11 is 0. The molecule has 1 aromatic rings. The van der Waals surface area contributed by atoms with E-state index in [9.17, 15) is 23.1 Å². The third-order valence-corrected chi connectivity index (χ3v) is 5.68. The van der Waals surface area contributed by atoms with Crippen molar-refractivity contribution in [2.75, 3.05) is 16.6 Å². The number of carbonyl (C=O) groups is 2. The largest absolute Gasteiger partial charge is 0.480 e. The number of nitrogens with one attached hydrogen (secondary N) is 1. The predicted molar refractivity (Wildman–Crippen MR) is 90.5 cm³/mol. The molecule has 0 spiro atoms. The molecule has 0 aromatic heterocycles. The zero-order valence-corrected chi connectivity index (χ0v) is 14.5. The Morgan fingerprint density at radius 3 is 2.58 bits per heavy atom. The number of nitrogens with zero attached hydrogens (tertiary/aromatic N) is 1. The van der Waals surface area contributed by atoms with E-state index in [-0.39, 0.29) is 17.2 Å². The van der Waals surface area contributed by atoms with Crippen LogP contribution in [-0.4, -0.2) is 43.7 Å². The fourth-order valence-electron chi connectivity index (χ4n) is 2.67. The van der Waals surface area contributed by atoms with Gasteiger partial charge < -0.3 is 10.4 Å². The van der Waals surface area contributed by atoms with E-state index in [0.717, 1.165) is 0 Å². The molecule has 1 aliphatic heterocycles. The van der Waals surface area contributed by atoms with Gasteiger partial charge in [0, 0.05) is 12.1 Å². The van der Waals surface area contributed by atoms with Crippen molar-refractivity contribution in [2.24, 2.45) is 5.92 Å². The van der Waals surface area contributed by atoms with Crippen molar-refractivity contribution >= 4 is 27.6 Å². The molecule has 132 valence electrons. The van der Waals surface area contributed by atoms with Crippen LogP contribution in [-0.2, 0) is 14.8 Å². The molecular formula is C16H22N2O5S. The first kappa shape index (κ1) is 18.3. The van der Waals surface area contributed by atoms with E-state index in [0.29, 0.717) is 25.1 Å². The topological polar surface area (TPSA) is 104 Å². The van der Waals surface area contributed by atoms with Crippen LogP contribution in [0.2, 0.25) is 0 Å². The molecule has 1 fully saturated rings. The van der Waals surface area contributed by atoms with Crippen LogP contribution >= 0.6 is 0 Å². The number of rotatable bonds is 6. The van der Waals surface area contributed by atoms with Crippen LogP contribution in [0.15, 0.2) is 24.3 Å². The van der Waals surface area contributed by atoms with Crippen LogP contribution < -0.4 is 9.62 Å². The summed E-state index contributed by atoms with van der Waals surface area (Å²) in [7, 11) is -3.33. The summed E-state index contributed by atoms with van der Waals surface area (Å²) in [5, 5.41) is 11.7. The Kier molecular flexibility index (Phi) is 5.48. The fraction of sp³-hybridized carbons (Fsp3) is 0.500. The van der Waals surface area contributed by atoms with E-state index >= 15 is 0 Å². The van der Waals surface area contributed by atoms with Crippen molar-refractivity contribution in [3.8, 4) is 0 Å². The molecular weight excluding hydrogens is 332 g/mol. The van der Waals surface area contributed by atoms with Gasteiger partial charge in [-0.25, -0.2) is 13.2 Å². The van der Waals surface area contributed by atoms with Gasteiger partial charge in [-0.3, -0.25) is 9.10 Å². The monoisotopic (exact) mass is 354 g/mol. The van der Waals surface area contributed by atoms with Crippen molar-refractivity contribution in [1.29, 1.82) is 0 Å². The Hall–Kier alpha value is -2.09. The van der Waals surface area contributed by atoms with Gasteiger partial charge in [0.2, 0.25) is 10.0 Å². The number of amides is 1. The summed E-state index contributed by atoms with van der Waals surface area (Å²) in [6.07, 6.45) is 0.871. The van der Waals surface area contributed by atoms with Gasteiger partial charge in [0.25, 0.3) is 5.91 Å². The summed E-state index contributed by atoms with van der Waals surface area (Å²) < 4.78 is 25.2. The fourth-order valence-corrected chi connectivity index (χ4v) is 4.22. The van der Waals surface area contributed by atoms with Gasteiger partial charge in [-0.1, -0.05) is 19.9 Å². The average molecular weight is 354 g/mol. The molecule has 1 aromatic carbocycles. The van der Waals surface area contributed by atoms with Crippen molar-refractivity contribution in [2.45, 2.75) is 32.7 Å². The summed E-state index contributed by atoms with van der Waals surface area (Å²) in [5.41, 5.74) is 0.667. The second kappa shape index (κ2) is 7.21. The highest BCUT2D eigenvalue weighted by atomic mass is 32.2. The minimum atomic E-state index is -3.33. The lowest BCUT2D eigenvalue weighted by molar-refractivity contribution is -0.139. The molecule has 0 radical (unpaired) electrons. The normalized spacial score (nSPS) is 17.7. The maximum absolute atomic E-state index is 12.3. The standard InChI is InChI=1S/C16H22N2O5S/c1-11(2)9-14(16(20)21)17-15(19)12-5-3-6-13(10-12)18-7-4-8-24(18,22)23/h3,5-6,10-11,14H,4,7-9H2,1-2H3,(H,17,19)(H,20,21)/t14-/m0/s1. The number of sulfonamides is 1. The molecule has 8 heteroatoms. The lowest BCUT2D eigenvalue weighted by Gasteiger charge is -2.19. The number of hydrogen-bond acceptors (Lipinski definition) is 4. The Labute approximate surface area is 141 Å². The van der Waals surface area contributed by atoms with Gasteiger partial charge in [0.05, 0.1) is 11.4 Å². The Morgan fingerprint density at radius 2 is 2.04 bits per heavy atom. The van der Waals surface area contributed by atoms with Gasteiger partial charge in [0.15, 0.2) is 0 Å². The highest BCUT2D eigenvalue weighted by molar-refractivity contribution is 7.93. The number of carbonyl (C=O) groups excluding carboxylic acids is 1. The minimum Gasteiger partial charge on any atom is -0.480 e. The van der Waals surface area contributed by atoms with Crippen molar-refractivity contribution in [1.82, 2.24) is 5.32 Å². The molecule has 2 rings (SSSR count). The number of anilines is 1. The van der Waals surface area contributed by atoms with Crippen molar-refractivity contribution in [3.05, 3.63) is 29.8 Å². The maximum atomic E-state index is 12.3. The van der Waals surface area contributed by atoms with E-state index < -0.39 is 27.9 Å². The summed E-state index contributed by atoms with van der Waals surface area (Å²) in [6, 6.07) is 5.26. The number of benzene rings is 1. The first-order valence-electron chi connectivity index (χ1n) is 7.85. The molecule has 24 heavy (non-hydrogen) atoms. The third-order valence-electron chi connectivity index (χ3n) is 3.81. The minimum absolute atomic E-state index is 0.0961. The van der Waals surface area contributed by atoms with Crippen LogP contribution in [0.3, 0.4) is 0 Å². The Balaban J connectivity index is 2.18. The molecule has 1 amide bonds. The van der Waals surface area contributed by atoms with Gasteiger partial charge in [0.1, 0.15) is 6.04 Å². The van der Waals surface area contributed by atoms with Crippen LogP contribution in [0.1, 0.15) is 37.0 Å². The highest BCUT2D eigenvalue weighted by Gasteiger charge is 2.29. The van der Waals surface area contributed by atoms with Crippen LogP contribution in [0.5, 0.6) is 0 Å². The van der Waals surface area contributed by atoms with E-state index in [1.807, 2.05) is 13.8 Å². The van der Waals surface area contributed by atoms with Crippen LogP contribution in [0, 0.1) is 5.92 Å². The molecule has 1 aliphatic rings. The zero-order chi connectivity index (χ0) is 17.9. The van der Waals surface area contributed by atoms with E-state index in [2.05, 4.69) is 5.32 Å². The van der Waals surface area contributed by atoms with Crippen molar-refractivity contribution < 1.29 is 23.1 Å². The van der Waals surface area contributed by atoms with Crippen LogP contribution in [0.25, 0.3) is 0 Å². The molecule has 7 nitrogen and oxygen atoms in total. The van der Waals surface area contributed by atoms with Gasteiger partial charge in [-0.2, -0.15) is 0 Å². The van der Waals surface area contributed by atoms with Crippen molar-refractivity contribution in [3.63, 3.8) is 0 Å². The molecule has 0 aliphatic carbocycles. The van der Waals surface area contributed by atoms with E-state index in [1.165, 1.54) is 16.4 Å². The Bertz CT molecular complexity index is 730. The molecule has 0 saturated carbocycles. The second-order valence-electron chi connectivity index (χ2n) is 6.29. The lowest BCUT2D eigenvalue weighted by atomic mass is 10.0. The first-order chi connectivity index (χ1) is 11.2. The average Bonchev–Trinajstić information content (AvgIpc) is 2.85. The number of carboxylic acids is 1. The molecule has 1 saturated heterocycles. The van der Waals surface area contributed by atoms with Gasteiger partial charge >= 0.3 is 5.97 Å². The quantitative estimate of drug-likeness (QED) is 0.805. The van der Waals surface area contributed by atoms with E-state index in [1.54, 1.807) is 12.1 Å². The first-order valence-corrected chi connectivity index (χ1v) is 9.46. The SMILES string of the molecule is CC(C)C[C@H](NC(=O)c1cccc(N2CCCS2(=O)=O)c1)C(=O)O. The molecule has 0 bridgehead atoms. The predicted octanol–water partition coefficient (Wildman–Crippen LogP) is 1.46. The molecule has 0 unspecified atom stereocenters. The van der Waals surface area contributed by atoms with Gasteiger partial charge in [-0.05, 0) is 37.0 Å². The number of carboxylic acid groups (broad SMARTS) is 1. The molecule has 2 N–H and O–H groups in total. The maximum Gasteiger partial charge on any atom is 0.326 e. The third kappa shape index (κ3) is 4.25. The summed E-state index contributed by atoms with van der Waals surface area (Å²) in [6.45, 7) is 4.14. The smallest absolute Gasteiger partial charge is 0.326 e. The van der Waals surface area contributed by atoms with Gasteiger partial charge in [-0.15, -0.1) is 0 Å². The van der Waals surface area contributed by atoms with E-state index in [4.69, 9.17) is 0 Å². The molecule has 1 heterocycles. The number of hydrogen-bond donors (Lipinski definition) is 2. The second-order valence-corrected chi connectivity index (χ2v) is 8.30. The van der Waals surface area contributed by atoms with Crippen LogP contribution in [0.4, 0.5) is 5.69 Å². The number of aliphatic carboxylic acids is 1. The Morgan fingerprint density at radius 1 is 1.33 bits per heavy atom. The zero-order valence-electron chi connectivity index (χ0n) is 13.7. The highest BCUT2D eigenvalue weighted by Crippen LogP contribution is 2.24. The summed E-state index contributed by atoms with van der Waals surface area (Å²) in [5.74, 6) is -1.40. The summed E-state index contributed by atoms with van der Waals surface area (Å²) in [4.78, 5) is 23.6. The lowest BCUT2D eigenvalue weighted by Crippen LogP contribution is -2.41. The molecule has 1 atom stereocenters.